The van der Waals surface area contributed by atoms with E-state index in [-0.39, 0.29) is 5.78 Å². The minimum absolute atomic E-state index is 0.169. The number of hydrogen-bond donors (Lipinski definition) is 1. The van der Waals surface area contributed by atoms with Crippen molar-refractivity contribution in [1.82, 2.24) is 4.98 Å². The maximum absolute atomic E-state index is 12.2. The molecule has 86 valence electrons. The van der Waals surface area contributed by atoms with Gasteiger partial charge >= 0.3 is 0 Å². The SMILES string of the molecule is Cc1ccc(C(=O)c2cc(Cl)ccc2N)cn1. The summed E-state index contributed by atoms with van der Waals surface area (Å²) in [5, 5.41) is 0.489. The lowest BCUT2D eigenvalue weighted by Gasteiger charge is -2.05. The molecule has 17 heavy (non-hydrogen) atoms. The number of nitrogens with two attached hydrogens (primary N) is 1. The predicted octanol–water partition coefficient (Wildman–Crippen LogP) is 2.86. The van der Waals surface area contributed by atoms with Crippen LogP contribution >= 0.6 is 11.6 Å². The first-order chi connectivity index (χ1) is 8.08. The normalized spacial score (nSPS) is 10.2. The second-order valence-electron chi connectivity index (χ2n) is 3.75. The smallest absolute Gasteiger partial charge is 0.196 e. The summed E-state index contributed by atoms with van der Waals surface area (Å²) in [5.74, 6) is -0.169. The fraction of sp³-hybridized carbons (Fsp3) is 0.0769. The van der Waals surface area contributed by atoms with Gasteiger partial charge in [-0.05, 0) is 37.3 Å². The highest BCUT2D eigenvalue weighted by molar-refractivity contribution is 6.31. The first-order valence-corrected chi connectivity index (χ1v) is 5.48. The standard InChI is InChI=1S/C13H11ClN2O/c1-8-2-3-9(7-16-8)13(17)11-6-10(14)4-5-12(11)15/h2-7H,15H2,1H3. The van der Waals surface area contributed by atoms with E-state index >= 15 is 0 Å². The Hall–Kier alpha value is -1.87. The molecule has 0 aliphatic rings. The van der Waals surface area contributed by atoms with Crippen LogP contribution in [-0.4, -0.2) is 10.8 Å². The summed E-state index contributed by atoms with van der Waals surface area (Å²) in [6.07, 6.45) is 1.54. The number of aryl methyl sites for hydroxylation is 1. The number of carbonyl (C=O) groups excluding carboxylic acids is 1. The lowest BCUT2D eigenvalue weighted by molar-refractivity contribution is 0.103. The number of ketones is 1. The maximum atomic E-state index is 12.2. The van der Waals surface area contributed by atoms with E-state index in [9.17, 15) is 4.79 Å². The molecule has 0 fully saturated rings. The van der Waals surface area contributed by atoms with E-state index in [1.807, 2.05) is 6.92 Å². The van der Waals surface area contributed by atoms with Gasteiger partial charge in [0.1, 0.15) is 0 Å². The van der Waals surface area contributed by atoms with Crippen molar-refractivity contribution >= 4 is 23.1 Å². The van der Waals surface area contributed by atoms with Crippen molar-refractivity contribution in [1.29, 1.82) is 0 Å². The zero-order chi connectivity index (χ0) is 12.4. The summed E-state index contributed by atoms with van der Waals surface area (Å²) in [4.78, 5) is 16.2. The van der Waals surface area contributed by atoms with Crippen LogP contribution in [0.3, 0.4) is 0 Å². The predicted molar refractivity (Wildman–Crippen MR) is 68.3 cm³/mol. The Bertz CT molecular complexity index is 564. The van der Waals surface area contributed by atoms with Crippen molar-refractivity contribution in [2.75, 3.05) is 5.73 Å². The third kappa shape index (κ3) is 2.45. The number of anilines is 1. The van der Waals surface area contributed by atoms with Gasteiger partial charge in [-0.15, -0.1) is 0 Å². The van der Waals surface area contributed by atoms with Gasteiger partial charge in [0.15, 0.2) is 5.78 Å². The lowest BCUT2D eigenvalue weighted by Crippen LogP contribution is -2.05. The topological polar surface area (TPSA) is 56.0 Å². The molecule has 0 saturated heterocycles. The van der Waals surface area contributed by atoms with Gasteiger partial charge in [0.25, 0.3) is 0 Å². The number of benzene rings is 1. The highest BCUT2D eigenvalue weighted by atomic mass is 35.5. The summed E-state index contributed by atoms with van der Waals surface area (Å²) in [5.41, 5.74) is 7.95. The number of nitrogens with zero attached hydrogens (tertiary/aromatic N) is 1. The molecule has 0 spiro atoms. The summed E-state index contributed by atoms with van der Waals surface area (Å²) in [6.45, 7) is 1.86. The zero-order valence-electron chi connectivity index (χ0n) is 9.27. The van der Waals surface area contributed by atoms with Crippen molar-refractivity contribution in [3.05, 3.63) is 58.4 Å². The van der Waals surface area contributed by atoms with E-state index in [4.69, 9.17) is 17.3 Å². The summed E-state index contributed by atoms with van der Waals surface area (Å²) < 4.78 is 0. The second kappa shape index (κ2) is 4.55. The van der Waals surface area contributed by atoms with Crippen LogP contribution in [0, 0.1) is 6.92 Å². The molecule has 0 unspecified atom stereocenters. The molecule has 0 bridgehead atoms. The molecule has 0 amide bonds. The highest BCUT2D eigenvalue weighted by Crippen LogP contribution is 2.20. The minimum atomic E-state index is -0.169. The van der Waals surface area contributed by atoms with Crippen LogP contribution in [-0.2, 0) is 0 Å². The van der Waals surface area contributed by atoms with Crippen LogP contribution in [0.2, 0.25) is 5.02 Å². The van der Waals surface area contributed by atoms with Gasteiger partial charge in [-0.2, -0.15) is 0 Å². The van der Waals surface area contributed by atoms with Gasteiger partial charge in [-0.25, -0.2) is 0 Å². The van der Waals surface area contributed by atoms with Gasteiger partial charge in [-0.3, -0.25) is 9.78 Å². The molecule has 1 heterocycles. The first-order valence-electron chi connectivity index (χ1n) is 5.10. The molecule has 0 aliphatic carbocycles. The molecule has 1 aromatic heterocycles. The lowest BCUT2D eigenvalue weighted by atomic mass is 10.0. The van der Waals surface area contributed by atoms with Crippen molar-refractivity contribution in [2.45, 2.75) is 6.92 Å². The van der Waals surface area contributed by atoms with E-state index in [0.29, 0.717) is 21.8 Å². The Morgan fingerprint density at radius 3 is 2.71 bits per heavy atom. The van der Waals surface area contributed by atoms with Gasteiger partial charge < -0.3 is 5.73 Å². The Morgan fingerprint density at radius 1 is 1.29 bits per heavy atom. The van der Waals surface area contributed by atoms with Crippen LogP contribution in [0.25, 0.3) is 0 Å². The average molecular weight is 247 g/mol. The van der Waals surface area contributed by atoms with Crippen LogP contribution in [0.1, 0.15) is 21.6 Å². The Balaban J connectivity index is 2.43. The van der Waals surface area contributed by atoms with Gasteiger partial charge in [0, 0.05) is 33.7 Å². The van der Waals surface area contributed by atoms with E-state index in [0.717, 1.165) is 5.69 Å². The minimum Gasteiger partial charge on any atom is -0.398 e. The summed E-state index contributed by atoms with van der Waals surface area (Å²) in [7, 11) is 0. The van der Waals surface area contributed by atoms with Crippen molar-refractivity contribution < 1.29 is 4.79 Å². The van der Waals surface area contributed by atoms with Crippen molar-refractivity contribution in [3.63, 3.8) is 0 Å². The molecule has 2 rings (SSSR count). The molecule has 3 nitrogen and oxygen atoms in total. The van der Waals surface area contributed by atoms with Crippen molar-refractivity contribution in [2.24, 2.45) is 0 Å². The zero-order valence-corrected chi connectivity index (χ0v) is 10.0. The molecule has 0 radical (unpaired) electrons. The van der Waals surface area contributed by atoms with Crippen LogP contribution in [0.4, 0.5) is 5.69 Å². The quantitative estimate of drug-likeness (QED) is 0.655. The molecule has 4 heteroatoms. The number of pyridine rings is 1. The largest absolute Gasteiger partial charge is 0.398 e. The van der Waals surface area contributed by atoms with E-state index in [1.54, 1.807) is 30.3 Å². The fourth-order valence-corrected chi connectivity index (χ4v) is 1.65. The molecule has 0 aliphatic heterocycles. The number of aromatic nitrogens is 1. The van der Waals surface area contributed by atoms with Crippen LogP contribution in [0.15, 0.2) is 36.5 Å². The highest BCUT2D eigenvalue weighted by Gasteiger charge is 2.12. The fourth-order valence-electron chi connectivity index (χ4n) is 1.48. The molecule has 0 atom stereocenters. The van der Waals surface area contributed by atoms with Gasteiger partial charge in [0.05, 0.1) is 0 Å². The Kier molecular flexibility index (Phi) is 3.11. The molecule has 1 aromatic carbocycles. The third-order valence-corrected chi connectivity index (χ3v) is 2.67. The van der Waals surface area contributed by atoms with E-state index < -0.39 is 0 Å². The summed E-state index contributed by atoms with van der Waals surface area (Å²) in [6, 6.07) is 8.36. The van der Waals surface area contributed by atoms with Gasteiger partial charge in [-0.1, -0.05) is 11.6 Å². The molecule has 0 saturated carbocycles. The van der Waals surface area contributed by atoms with Gasteiger partial charge in [0.2, 0.25) is 0 Å². The van der Waals surface area contributed by atoms with Crippen molar-refractivity contribution in [3.8, 4) is 0 Å². The molecule has 2 aromatic rings. The number of carbonyl (C=O) groups is 1. The molecular weight excluding hydrogens is 236 g/mol. The first kappa shape index (κ1) is 11.6. The summed E-state index contributed by atoms with van der Waals surface area (Å²) >= 11 is 5.85. The molecular formula is C13H11ClN2O. The Labute approximate surface area is 104 Å². The van der Waals surface area contributed by atoms with Crippen LogP contribution in [0.5, 0.6) is 0 Å². The monoisotopic (exact) mass is 246 g/mol. The Morgan fingerprint density at radius 2 is 2.06 bits per heavy atom. The number of rotatable bonds is 2. The molecule has 2 N–H and O–H groups in total. The van der Waals surface area contributed by atoms with E-state index in [1.165, 1.54) is 6.20 Å². The number of halogens is 1. The van der Waals surface area contributed by atoms with Crippen LogP contribution < -0.4 is 5.73 Å². The number of hydrogen-bond acceptors (Lipinski definition) is 3. The second-order valence-corrected chi connectivity index (χ2v) is 4.19. The van der Waals surface area contributed by atoms with E-state index in [2.05, 4.69) is 4.98 Å². The average Bonchev–Trinajstić information content (AvgIpc) is 2.32. The number of nitrogen functional groups attached to an aromatic ring is 1. The maximum Gasteiger partial charge on any atom is 0.196 e. The third-order valence-electron chi connectivity index (χ3n) is 2.43.